The second-order valence-corrected chi connectivity index (χ2v) is 5.57. The molecule has 12 heteroatoms. The van der Waals surface area contributed by atoms with Gasteiger partial charge in [-0.1, -0.05) is 13.8 Å². The number of nitrogens with two attached hydrogens (primary N) is 5. The molecule has 0 aliphatic rings. The molecule has 154 valence electrons. The van der Waals surface area contributed by atoms with Crippen LogP contribution in [-0.2, 0) is 14.4 Å². The third-order valence-corrected chi connectivity index (χ3v) is 2.50. The number of hydrogen-bond donors (Lipinski definition) is 8. The molecule has 0 aliphatic carbocycles. The average molecular weight is 380 g/mol. The van der Waals surface area contributed by atoms with Crippen LogP contribution in [0.15, 0.2) is 4.99 Å². The lowest BCUT2D eigenvalue weighted by Crippen LogP contribution is -2.31. The Bertz CT molecular complexity index is 440. The number of aliphatic carboxylic acids is 3. The molecule has 0 heterocycles. The van der Waals surface area contributed by atoms with E-state index in [1.54, 1.807) is 0 Å². The first kappa shape index (κ1) is 28.4. The van der Waals surface area contributed by atoms with Gasteiger partial charge in [-0.3, -0.25) is 19.4 Å². The van der Waals surface area contributed by atoms with E-state index in [1.807, 2.05) is 13.8 Å². The van der Waals surface area contributed by atoms with E-state index >= 15 is 0 Å². The fraction of sp³-hybridized carbons (Fsp3) is 0.714. The third kappa shape index (κ3) is 26.5. The van der Waals surface area contributed by atoms with Crippen molar-refractivity contribution in [3.05, 3.63) is 0 Å². The maximum atomic E-state index is 10.2. The van der Waals surface area contributed by atoms with Crippen LogP contribution >= 0.6 is 0 Å². The minimum atomic E-state index is -1.00. The minimum Gasteiger partial charge on any atom is -0.480 e. The van der Waals surface area contributed by atoms with Crippen molar-refractivity contribution in [3.63, 3.8) is 0 Å². The van der Waals surface area contributed by atoms with Crippen LogP contribution in [0.3, 0.4) is 0 Å². The van der Waals surface area contributed by atoms with Gasteiger partial charge in [-0.15, -0.1) is 0 Å². The zero-order valence-corrected chi connectivity index (χ0v) is 15.2. The van der Waals surface area contributed by atoms with Crippen molar-refractivity contribution < 1.29 is 29.7 Å². The van der Waals surface area contributed by atoms with Gasteiger partial charge in [0.2, 0.25) is 0 Å². The van der Waals surface area contributed by atoms with Gasteiger partial charge < -0.3 is 44.0 Å². The first-order chi connectivity index (χ1) is 11.8. The Morgan fingerprint density at radius 1 is 0.962 bits per heavy atom. The highest BCUT2D eigenvalue weighted by molar-refractivity contribution is 5.75. The average Bonchev–Trinajstić information content (AvgIpc) is 2.51. The fourth-order valence-electron chi connectivity index (χ4n) is 1.25. The number of aliphatic imine (C=N–C) groups is 1. The summed E-state index contributed by atoms with van der Waals surface area (Å²) in [6.45, 7) is 4.04. The number of nitrogens with zero attached hydrogens (tertiary/aromatic N) is 1. The van der Waals surface area contributed by atoms with Gasteiger partial charge >= 0.3 is 17.9 Å². The molecule has 0 saturated carbocycles. The van der Waals surface area contributed by atoms with Crippen molar-refractivity contribution in [2.24, 2.45) is 39.6 Å². The van der Waals surface area contributed by atoms with Crippen LogP contribution in [-0.4, -0.2) is 64.4 Å². The van der Waals surface area contributed by atoms with E-state index in [9.17, 15) is 14.4 Å². The number of carboxylic acids is 3. The van der Waals surface area contributed by atoms with Gasteiger partial charge in [-0.2, -0.15) is 0 Å². The Morgan fingerprint density at radius 2 is 1.38 bits per heavy atom. The first-order valence-corrected chi connectivity index (χ1v) is 7.79. The van der Waals surface area contributed by atoms with Crippen molar-refractivity contribution in [1.29, 1.82) is 0 Å². The maximum absolute atomic E-state index is 10.2. The minimum absolute atomic E-state index is 0.0129. The van der Waals surface area contributed by atoms with E-state index in [-0.39, 0.29) is 12.5 Å². The molecule has 0 aromatic rings. The lowest BCUT2D eigenvalue weighted by molar-refractivity contribution is -0.139. The van der Waals surface area contributed by atoms with Gasteiger partial charge in [0, 0.05) is 6.54 Å². The first-order valence-electron chi connectivity index (χ1n) is 7.79. The largest absolute Gasteiger partial charge is 0.480 e. The van der Waals surface area contributed by atoms with Crippen LogP contribution in [0.1, 0.15) is 33.1 Å². The van der Waals surface area contributed by atoms with Crippen LogP contribution in [0, 0.1) is 5.92 Å². The summed E-state index contributed by atoms with van der Waals surface area (Å²) in [5.41, 5.74) is 25.1. The summed E-state index contributed by atoms with van der Waals surface area (Å²) in [7, 11) is 0. The van der Waals surface area contributed by atoms with Gasteiger partial charge in [0.1, 0.15) is 12.1 Å². The van der Waals surface area contributed by atoms with E-state index in [1.165, 1.54) is 0 Å². The van der Waals surface area contributed by atoms with Gasteiger partial charge in [-0.25, -0.2) is 0 Å². The van der Waals surface area contributed by atoms with Crippen molar-refractivity contribution in [2.75, 3.05) is 13.1 Å². The Kier molecular flexibility index (Phi) is 19.0. The molecule has 0 aromatic carbocycles. The van der Waals surface area contributed by atoms with Crippen LogP contribution in [0.2, 0.25) is 0 Å². The second-order valence-electron chi connectivity index (χ2n) is 5.57. The highest BCUT2D eigenvalue weighted by Crippen LogP contribution is 2.01. The van der Waals surface area contributed by atoms with E-state index in [2.05, 4.69) is 10.7 Å². The maximum Gasteiger partial charge on any atom is 0.320 e. The summed E-state index contributed by atoms with van der Waals surface area (Å²) < 4.78 is 0. The van der Waals surface area contributed by atoms with E-state index in [0.717, 1.165) is 0 Å². The Labute approximate surface area is 152 Å². The number of carboxylic acid groups (broad SMARTS) is 3. The standard InChI is InChI=1S/C6H14N4O2.C6H13NO2.C2H5NO2/c7-4(5(11)12)2-1-3-10-6(8)9;1-4(2)3-5(7)6(8)9;3-1-2(4)5/h4H,1-3,7H2,(H,11,12)(H4,8,9,10);4-5H,3,7H2,1-2H3,(H,8,9);1,3H2,(H,4,5)/t4-;5-;/m00./s1. The molecule has 0 radical (unpaired) electrons. The molecular formula is C14H32N6O6. The molecule has 0 bridgehead atoms. The molecule has 13 N–H and O–H groups in total. The predicted molar refractivity (Wildman–Crippen MR) is 97.3 cm³/mol. The van der Waals surface area contributed by atoms with Crippen LogP contribution in [0.5, 0.6) is 0 Å². The third-order valence-electron chi connectivity index (χ3n) is 2.50. The van der Waals surface area contributed by atoms with Crippen molar-refractivity contribution in [2.45, 2.75) is 45.2 Å². The second kappa shape index (κ2) is 17.4. The van der Waals surface area contributed by atoms with Crippen molar-refractivity contribution >= 4 is 23.9 Å². The number of guanidine groups is 1. The molecule has 0 aromatic heterocycles. The van der Waals surface area contributed by atoms with Crippen LogP contribution in [0.25, 0.3) is 0 Å². The summed E-state index contributed by atoms with van der Waals surface area (Å²) in [6, 6.07) is -1.51. The number of hydrogen-bond acceptors (Lipinski definition) is 7. The molecule has 0 amide bonds. The molecule has 26 heavy (non-hydrogen) atoms. The smallest absolute Gasteiger partial charge is 0.320 e. The fourth-order valence-corrected chi connectivity index (χ4v) is 1.25. The molecule has 0 fully saturated rings. The molecule has 12 nitrogen and oxygen atoms in total. The molecule has 0 saturated heterocycles. The van der Waals surface area contributed by atoms with Crippen LogP contribution in [0.4, 0.5) is 0 Å². The monoisotopic (exact) mass is 380 g/mol. The predicted octanol–water partition coefficient (Wildman–Crippen LogP) is -2.07. The Morgan fingerprint density at radius 3 is 1.62 bits per heavy atom. The Balaban J connectivity index is -0.000000333. The van der Waals surface area contributed by atoms with Gasteiger partial charge in [0.25, 0.3) is 0 Å². The Hall–Kier alpha value is -2.44. The number of rotatable bonds is 9. The lowest BCUT2D eigenvalue weighted by Gasteiger charge is -2.07. The summed E-state index contributed by atoms with van der Waals surface area (Å²) in [4.78, 5) is 33.2. The molecular weight excluding hydrogens is 348 g/mol. The molecule has 0 spiro atoms. The summed E-state index contributed by atoms with van der Waals surface area (Å²) in [5, 5.41) is 24.3. The SMILES string of the molecule is CC(C)C[C@H](N)C(=O)O.NC(N)=NCCC[C@H](N)C(=O)O.NCC(=O)O. The van der Waals surface area contributed by atoms with Crippen LogP contribution < -0.4 is 28.7 Å². The van der Waals surface area contributed by atoms with Gasteiger partial charge in [0.15, 0.2) is 5.96 Å². The van der Waals surface area contributed by atoms with Gasteiger partial charge in [0.05, 0.1) is 6.54 Å². The molecule has 0 rings (SSSR count). The van der Waals surface area contributed by atoms with Crippen molar-refractivity contribution in [1.82, 2.24) is 0 Å². The molecule has 0 unspecified atom stereocenters. The number of carbonyl (C=O) groups is 3. The van der Waals surface area contributed by atoms with Crippen molar-refractivity contribution in [3.8, 4) is 0 Å². The zero-order chi connectivity index (χ0) is 21.3. The molecule has 0 aliphatic heterocycles. The van der Waals surface area contributed by atoms with E-state index in [0.29, 0.717) is 31.7 Å². The summed E-state index contributed by atoms with van der Waals surface area (Å²) in [5.74, 6) is -2.51. The topological polar surface area (TPSA) is 254 Å². The lowest BCUT2D eigenvalue weighted by atomic mass is 10.1. The summed E-state index contributed by atoms with van der Waals surface area (Å²) >= 11 is 0. The zero-order valence-electron chi connectivity index (χ0n) is 15.2. The van der Waals surface area contributed by atoms with Gasteiger partial charge in [-0.05, 0) is 25.2 Å². The molecule has 2 atom stereocenters. The van der Waals surface area contributed by atoms with E-state index in [4.69, 9.17) is 38.3 Å². The highest BCUT2D eigenvalue weighted by Gasteiger charge is 2.12. The quantitative estimate of drug-likeness (QED) is 0.122. The highest BCUT2D eigenvalue weighted by atomic mass is 16.4. The normalized spacial score (nSPS) is 11.8. The van der Waals surface area contributed by atoms with E-state index < -0.39 is 30.0 Å². The summed E-state index contributed by atoms with van der Waals surface area (Å²) in [6.07, 6.45) is 1.51.